The number of hydrogen-bond donors (Lipinski definition) is 1. The molecule has 1 aliphatic carbocycles. The van der Waals surface area contributed by atoms with Gasteiger partial charge in [0.05, 0.1) is 5.60 Å². The van der Waals surface area contributed by atoms with Crippen LogP contribution in [0.2, 0.25) is 0 Å². The number of rotatable bonds is 3. The molecule has 0 amide bonds. The maximum atomic E-state index is 10.9. The lowest BCUT2D eigenvalue weighted by Gasteiger charge is -2.40. The fraction of sp³-hybridized carbons (Fsp3) is 0.765. The maximum absolute atomic E-state index is 10.9. The van der Waals surface area contributed by atoms with E-state index in [1.807, 2.05) is 6.92 Å². The van der Waals surface area contributed by atoms with Crippen LogP contribution in [0.3, 0.4) is 0 Å². The third-order valence-electron chi connectivity index (χ3n) is 5.46. The van der Waals surface area contributed by atoms with E-state index in [9.17, 15) is 5.11 Å². The van der Waals surface area contributed by atoms with Gasteiger partial charge >= 0.3 is 0 Å². The molecular formula is C17H27N3O. The largest absolute Gasteiger partial charge is 0.390 e. The van der Waals surface area contributed by atoms with Crippen LogP contribution in [0.25, 0.3) is 0 Å². The molecule has 0 radical (unpaired) electrons. The minimum Gasteiger partial charge on any atom is -0.390 e. The molecular weight excluding hydrogens is 262 g/mol. The minimum absolute atomic E-state index is 0.400. The highest BCUT2D eigenvalue weighted by Gasteiger charge is 2.48. The highest BCUT2D eigenvalue weighted by atomic mass is 16.3. The van der Waals surface area contributed by atoms with Gasteiger partial charge in [-0.15, -0.1) is 0 Å². The summed E-state index contributed by atoms with van der Waals surface area (Å²) in [7, 11) is 0. The molecule has 1 aromatic heterocycles. The van der Waals surface area contributed by atoms with Crippen molar-refractivity contribution in [3.05, 3.63) is 17.6 Å². The van der Waals surface area contributed by atoms with Gasteiger partial charge < -0.3 is 10.0 Å². The predicted octanol–water partition coefficient (Wildman–Crippen LogP) is 2.72. The SMILES string of the molecule is CCc1nc(C)cc(N2C[C@H]3CCC[C@](O)(CC)[C@H]3C2)n1. The summed E-state index contributed by atoms with van der Waals surface area (Å²) >= 11 is 0. The van der Waals surface area contributed by atoms with Crippen LogP contribution in [0.4, 0.5) is 5.82 Å². The van der Waals surface area contributed by atoms with E-state index < -0.39 is 5.60 Å². The molecule has 1 N–H and O–H groups in total. The summed E-state index contributed by atoms with van der Waals surface area (Å²) in [5.41, 5.74) is 0.574. The van der Waals surface area contributed by atoms with Gasteiger partial charge in [-0.3, -0.25) is 0 Å². The molecule has 4 heteroatoms. The second-order valence-corrected chi connectivity index (χ2v) is 6.76. The number of anilines is 1. The van der Waals surface area contributed by atoms with Crippen LogP contribution in [0.1, 0.15) is 51.0 Å². The first-order valence-corrected chi connectivity index (χ1v) is 8.37. The third-order valence-corrected chi connectivity index (χ3v) is 5.46. The Hall–Kier alpha value is -1.16. The summed E-state index contributed by atoms with van der Waals surface area (Å²) in [6, 6.07) is 2.08. The second-order valence-electron chi connectivity index (χ2n) is 6.76. The van der Waals surface area contributed by atoms with Crippen molar-refractivity contribution in [1.29, 1.82) is 0 Å². The van der Waals surface area contributed by atoms with Gasteiger partial charge in [-0.2, -0.15) is 0 Å². The van der Waals surface area contributed by atoms with Crippen molar-refractivity contribution in [2.75, 3.05) is 18.0 Å². The van der Waals surface area contributed by atoms with Crippen molar-refractivity contribution in [3.8, 4) is 0 Å². The average molecular weight is 289 g/mol. The van der Waals surface area contributed by atoms with Gasteiger partial charge in [0.15, 0.2) is 0 Å². The first kappa shape index (κ1) is 14.8. The standard InChI is InChI=1S/C17H27N3O/c1-4-15-18-12(3)9-16(19-15)20-10-13-7-6-8-17(21,5-2)14(13)11-20/h9,13-14,21H,4-8,10-11H2,1-3H3/t13-,14+,17-/m1/s1. The molecule has 4 nitrogen and oxygen atoms in total. The van der Waals surface area contributed by atoms with E-state index in [1.165, 1.54) is 6.42 Å². The summed E-state index contributed by atoms with van der Waals surface area (Å²) in [5, 5.41) is 10.9. The van der Waals surface area contributed by atoms with Crippen LogP contribution in [-0.4, -0.2) is 33.8 Å². The molecule has 0 bridgehead atoms. The molecule has 2 heterocycles. The molecule has 2 aliphatic rings. The first-order chi connectivity index (χ1) is 10.1. The summed E-state index contributed by atoms with van der Waals surface area (Å²) in [6.45, 7) is 8.23. The Bertz CT molecular complexity index is 519. The molecule has 1 aliphatic heterocycles. The van der Waals surface area contributed by atoms with Gasteiger partial charge in [-0.25, -0.2) is 9.97 Å². The van der Waals surface area contributed by atoms with E-state index in [-0.39, 0.29) is 0 Å². The fourth-order valence-electron chi connectivity index (χ4n) is 4.19. The van der Waals surface area contributed by atoms with Crippen LogP contribution in [0.5, 0.6) is 0 Å². The molecule has 3 rings (SSSR count). The summed E-state index contributed by atoms with van der Waals surface area (Å²) in [5.74, 6) is 2.98. The lowest BCUT2D eigenvalue weighted by atomic mass is 9.69. The molecule has 0 spiro atoms. The van der Waals surface area contributed by atoms with Gasteiger partial charge in [0.25, 0.3) is 0 Å². The average Bonchev–Trinajstić information content (AvgIpc) is 2.92. The Morgan fingerprint density at radius 1 is 1.33 bits per heavy atom. The topological polar surface area (TPSA) is 49.2 Å². The molecule has 2 fully saturated rings. The smallest absolute Gasteiger partial charge is 0.132 e. The van der Waals surface area contributed by atoms with Crippen molar-refractivity contribution < 1.29 is 5.11 Å². The van der Waals surface area contributed by atoms with E-state index >= 15 is 0 Å². The summed E-state index contributed by atoms with van der Waals surface area (Å²) < 4.78 is 0. The zero-order valence-corrected chi connectivity index (χ0v) is 13.5. The Kier molecular flexibility index (Phi) is 3.91. The van der Waals surface area contributed by atoms with Crippen LogP contribution < -0.4 is 4.90 Å². The first-order valence-electron chi connectivity index (χ1n) is 8.37. The van der Waals surface area contributed by atoms with Crippen LogP contribution >= 0.6 is 0 Å². The Labute approximate surface area is 127 Å². The highest BCUT2D eigenvalue weighted by Crippen LogP contribution is 2.45. The molecule has 1 saturated carbocycles. The minimum atomic E-state index is -0.465. The van der Waals surface area contributed by atoms with Gasteiger partial charge in [-0.1, -0.05) is 20.3 Å². The van der Waals surface area contributed by atoms with E-state index in [1.54, 1.807) is 0 Å². The lowest BCUT2D eigenvalue weighted by Crippen LogP contribution is -2.44. The van der Waals surface area contributed by atoms with Gasteiger partial charge in [-0.05, 0) is 32.1 Å². The molecule has 116 valence electrons. The lowest BCUT2D eigenvalue weighted by molar-refractivity contribution is -0.0597. The molecule has 3 atom stereocenters. The highest BCUT2D eigenvalue weighted by molar-refractivity contribution is 5.42. The zero-order chi connectivity index (χ0) is 15.0. The number of nitrogens with zero attached hydrogens (tertiary/aromatic N) is 3. The van der Waals surface area contributed by atoms with Crippen molar-refractivity contribution in [3.63, 3.8) is 0 Å². The Morgan fingerprint density at radius 3 is 2.86 bits per heavy atom. The summed E-state index contributed by atoms with van der Waals surface area (Å²) in [6.07, 6.45) is 5.09. The maximum Gasteiger partial charge on any atom is 0.132 e. The van der Waals surface area contributed by atoms with Crippen LogP contribution in [0, 0.1) is 18.8 Å². The van der Waals surface area contributed by atoms with E-state index in [4.69, 9.17) is 4.98 Å². The Balaban J connectivity index is 1.85. The Morgan fingerprint density at radius 2 is 2.14 bits per heavy atom. The summed E-state index contributed by atoms with van der Waals surface area (Å²) in [4.78, 5) is 11.5. The third kappa shape index (κ3) is 2.66. The van der Waals surface area contributed by atoms with E-state index in [0.717, 1.165) is 56.1 Å². The van der Waals surface area contributed by atoms with Crippen molar-refractivity contribution in [1.82, 2.24) is 9.97 Å². The molecule has 0 aromatic carbocycles. The quantitative estimate of drug-likeness (QED) is 0.929. The van der Waals surface area contributed by atoms with Crippen molar-refractivity contribution >= 4 is 5.82 Å². The van der Waals surface area contributed by atoms with Crippen molar-refractivity contribution in [2.45, 2.75) is 58.5 Å². The van der Waals surface area contributed by atoms with E-state index in [0.29, 0.717) is 11.8 Å². The predicted molar refractivity (Wildman–Crippen MR) is 84.4 cm³/mol. The van der Waals surface area contributed by atoms with Crippen LogP contribution in [-0.2, 0) is 6.42 Å². The fourth-order valence-corrected chi connectivity index (χ4v) is 4.19. The van der Waals surface area contributed by atoms with Gasteiger partial charge in [0, 0.05) is 37.2 Å². The number of aromatic nitrogens is 2. The van der Waals surface area contributed by atoms with Gasteiger partial charge in [0.1, 0.15) is 11.6 Å². The molecule has 0 unspecified atom stereocenters. The molecule has 1 saturated heterocycles. The van der Waals surface area contributed by atoms with Gasteiger partial charge in [0.2, 0.25) is 0 Å². The number of hydrogen-bond acceptors (Lipinski definition) is 4. The molecule has 1 aromatic rings. The zero-order valence-electron chi connectivity index (χ0n) is 13.5. The second kappa shape index (κ2) is 5.56. The number of aryl methyl sites for hydroxylation is 2. The van der Waals surface area contributed by atoms with Crippen molar-refractivity contribution in [2.24, 2.45) is 11.8 Å². The normalized spacial score (nSPS) is 32.3. The van der Waals surface area contributed by atoms with E-state index in [2.05, 4.69) is 29.8 Å². The number of fused-ring (bicyclic) bond motifs is 1. The van der Waals surface area contributed by atoms with Crippen LogP contribution in [0.15, 0.2) is 6.07 Å². The monoisotopic (exact) mass is 289 g/mol. The molecule has 21 heavy (non-hydrogen) atoms. The number of aliphatic hydroxyl groups is 1.